The van der Waals surface area contributed by atoms with Crippen LogP contribution in [0.1, 0.15) is 72.1 Å². The summed E-state index contributed by atoms with van der Waals surface area (Å²) >= 11 is 0. The van der Waals surface area contributed by atoms with Gasteiger partial charge in [0, 0.05) is 12.5 Å². The number of fused-ring (bicyclic) bond motifs is 1. The summed E-state index contributed by atoms with van der Waals surface area (Å²) in [6, 6.07) is 0. The zero-order chi connectivity index (χ0) is 16.9. The predicted molar refractivity (Wildman–Crippen MR) is 96.1 cm³/mol. The summed E-state index contributed by atoms with van der Waals surface area (Å²) in [4.78, 5) is 0. The molecule has 4 heteroatoms. The van der Waals surface area contributed by atoms with Crippen LogP contribution in [0.4, 0.5) is 0 Å². The van der Waals surface area contributed by atoms with Crippen molar-refractivity contribution in [2.45, 2.75) is 108 Å². The molecule has 0 aromatic rings. The molecule has 2 saturated heterocycles. The topological polar surface area (TPSA) is 38.7 Å². The Hall–Kier alpha value is 0.0969. The lowest BCUT2D eigenvalue weighted by Gasteiger charge is -2.47. The molecule has 2 bridgehead atoms. The maximum absolute atomic E-state index is 11.3. The lowest BCUT2D eigenvalue weighted by Crippen LogP contribution is -2.55. The van der Waals surface area contributed by atoms with Crippen LogP contribution in [0.3, 0.4) is 0 Å². The number of hydrogen-bond acceptors (Lipinski definition) is 3. The molecular weight excluding hydrogens is 304 g/mol. The smallest absolute Gasteiger partial charge is 0.191 e. The average Bonchev–Trinajstić information content (AvgIpc) is 2.81. The Bertz CT molecular complexity index is 444. The van der Waals surface area contributed by atoms with Gasteiger partial charge in [0.1, 0.15) is 0 Å². The predicted octanol–water partition coefficient (Wildman–Crippen LogP) is 4.64. The molecule has 1 aliphatic carbocycles. The van der Waals surface area contributed by atoms with E-state index in [2.05, 4.69) is 33.9 Å². The minimum Gasteiger partial charge on any atom is -0.416 e. The van der Waals surface area contributed by atoms with Crippen molar-refractivity contribution in [3.63, 3.8) is 0 Å². The zero-order valence-corrected chi connectivity index (χ0v) is 16.8. The van der Waals surface area contributed by atoms with Gasteiger partial charge in [-0.3, -0.25) is 0 Å². The average molecular weight is 341 g/mol. The van der Waals surface area contributed by atoms with Gasteiger partial charge in [-0.15, -0.1) is 0 Å². The van der Waals surface area contributed by atoms with Gasteiger partial charge in [0.2, 0.25) is 0 Å². The number of rotatable bonds is 3. The third-order valence-corrected chi connectivity index (χ3v) is 11.9. The van der Waals surface area contributed by atoms with Gasteiger partial charge in [0.05, 0.1) is 17.3 Å². The first-order valence-corrected chi connectivity index (χ1v) is 12.5. The number of ether oxygens (including phenoxy) is 1. The van der Waals surface area contributed by atoms with Crippen molar-refractivity contribution in [2.75, 3.05) is 6.61 Å². The van der Waals surface area contributed by atoms with Crippen LogP contribution >= 0.6 is 0 Å². The van der Waals surface area contributed by atoms with Crippen LogP contribution in [-0.4, -0.2) is 37.3 Å². The maximum Gasteiger partial charge on any atom is 0.191 e. The van der Waals surface area contributed by atoms with Gasteiger partial charge in [0.25, 0.3) is 0 Å². The highest BCUT2D eigenvalue weighted by atomic mass is 28.4. The van der Waals surface area contributed by atoms with E-state index in [9.17, 15) is 5.11 Å². The highest BCUT2D eigenvalue weighted by molar-refractivity contribution is 6.74. The molecule has 3 aliphatic rings. The molecule has 0 unspecified atom stereocenters. The summed E-state index contributed by atoms with van der Waals surface area (Å²) in [5.41, 5.74) is -0.812. The second-order valence-electron chi connectivity index (χ2n) is 9.80. The summed E-state index contributed by atoms with van der Waals surface area (Å²) < 4.78 is 13.1. The molecule has 2 heterocycles. The van der Waals surface area contributed by atoms with Crippen LogP contribution in [0, 0.1) is 5.92 Å². The fourth-order valence-corrected chi connectivity index (χ4v) is 5.68. The summed E-state index contributed by atoms with van der Waals surface area (Å²) in [6.45, 7) is 12.4. The Labute approximate surface area is 143 Å². The molecule has 0 amide bonds. The molecule has 4 atom stereocenters. The summed E-state index contributed by atoms with van der Waals surface area (Å²) in [5, 5.41) is 11.5. The Kier molecular flexibility index (Phi) is 4.53. The van der Waals surface area contributed by atoms with Gasteiger partial charge in [-0.25, -0.2) is 0 Å². The first-order valence-electron chi connectivity index (χ1n) is 9.63. The molecule has 134 valence electrons. The van der Waals surface area contributed by atoms with Crippen molar-refractivity contribution in [1.82, 2.24) is 0 Å². The Morgan fingerprint density at radius 2 is 1.78 bits per heavy atom. The Morgan fingerprint density at radius 1 is 1.09 bits per heavy atom. The van der Waals surface area contributed by atoms with Crippen LogP contribution in [0.5, 0.6) is 0 Å². The summed E-state index contributed by atoms with van der Waals surface area (Å²) in [6.07, 6.45) is 8.74. The van der Waals surface area contributed by atoms with Crippen molar-refractivity contribution >= 4 is 8.32 Å². The fourth-order valence-electron chi connectivity index (χ4n) is 4.62. The van der Waals surface area contributed by atoms with Crippen LogP contribution in [0.15, 0.2) is 0 Å². The SMILES string of the molecule is CC(C)(C)[Si](C)(C)OC[C@@H]1CC[C@@]2(O)CCCC[C@]23CC[C@@H]1O3. The first kappa shape index (κ1) is 17.9. The maximum atomic E-state index is 11.3. The number of hydrogen-bond donors (Lipinski definition) is 1. The Morgan fingerprint density at radius 3 is 2.48 bits per heavy atom. The number of aliphatic hydroxyl groups is 1. The van der Waals surface area contributed by atoms with Crippen molar-refractivity contribution in [2.24, 2.45) is 5.92 Å². The minimum absolute atomic E-state index is 0.234. The standard InChI is InChI=1S/C19H36O3Si/c1-17(2,3)23(4,5)21-14-15-8-12-18(20)10-6-7-11-19(18)13-9-16(15)22-19/h15-16,20H,6-14H2,1-5H3/t15-,16-,18-,19-/m0/s1. The lowest BCUT2D eigenvalue weighted by atomic mass is 9.67. The van der Waals surface area contributed by atoms with E-state index in [1.165, 1.54) is 6.42 Å². The molecule has 3 nitrogen and oxygen atoms in total. The van der Waals surface area contributed by atoms with Crippen molar-refractivity contribution in [3.05, 3.63) is 0 Å². The second kappa shape index (κ2) is 5.82. The fraction of sp³-hybridized carbons (Fsp3) is 1.00. The van der Waals surface area contributed by atoms with E-state index in [0.29, 0.717) is 12.0 Å². The van der Waals surface area contributed by atoms with Crippen molar-refractivity contribution in [3.8, 4) is 0 Å². The van der Waals surface area contributed by atoms with Gasteiger partial charge >= 0.3 is 0 Å². The van der Waals surface area contributed by atoms with E-state index >= 15 is 0 Å². The quantitative estimate of drug-likeness (QED) is 0.761. The van der Waals surface area contributed by atoms with E-state index in [0.717, 1.165) is 51.6 Å². The van der Waals surface area contributed by atoms with Gasteiger partial charge in [-0.2, -0.15) is 0 Å². The molecule has 0 aromatic heterocycles. The molecule has 3 fully saturated rings. The van der Waals surface area contributed by atoms with Gasteiger partial charge < -0.3 is 14.3 Å². The van der Waals surface area contributed by atoms with Crippen molar-refractivity contribution in [1.29, 1.82) is 0 Å². The lowest BCUT2D eigenvalue weighted by molar-refractivity contribution is -0.191. The Balaban J connectivity index is 1.70. The molecule has 23 heavy (non-hydrogen) atoms. The highest BCUT2D eigenvalue weighted by Gasteiger charge is 2.59. The third-order valence-electron chi connectivity index (χ3n) is 7.40. The van der Waals surface area contributed by atoms with Gasteiger partial charge in [-0.05, 0) is 56.7 Å². The van der Waals surface area contributed by atoms with Gasteiger partial charge in [0.15, 0.2) is 8.32 Å². The molecule has 1 saturated carbocycles. The van der Waals surface area contributed by atoms with E-state index in [-0.39, 0.29) is 10.6 Å². The van der Waals surface area contributed by atoms with Gasteiger partial charge in [-0.1, -0.05) is 33.6 Å². The molecular formula is C19H36O3Si. The molecule has 0 radical (unpaired) electrons. The van der Waals surface area contributed by atoms with E-state index in [4.69, 9.17) is 9.16 Å². The first-order chi connectivity index (χ1) is 10.6. The molecule has 0 aromatic carbocycles. The van der Waals surface area contributed by atoms with Crippen LogP contribution in [0.25, 0.3) is 0 Å². The van der Waals surface area contributed by atoms with E-state index < -0.39 is 13.9 Å². The summed E-state index contributed by atoms with van der Waals surface area (Å²) in [7, 11) is -1.71. The molecule has 3 rings (SSSR count). The monoisotopic (exact) mass is 340 g/mol. The molecule has 1 N–H and O–H groups in total. The van der Waals surface area contributed by atoms with Crippen LogP contribution in [-0.2, 0) is 9.16 Å². The zero-order valence-electron chi connectivity index (χ0n) is 15.8. The van der Waals surface area contributed by atoms with Crippen molar-refractivity contribution < 1.29 is 14.3 Å². The van der Waals surface area contributed by atoms with Crippen LogP contribution < -0.4 is 0 Å². The minimum atomic E-state index is -1.71. The van der Waals surface area contributed by atoms with Crippen LogP contribution in [0.2, 0.25) is 18.1 Å². The highest BCUT2D eigenvalue weighted by Crippen LogP contribution is 2.54. The van der Waals surface area contributed by atoms with E-state index in [1.54, 1.807) is 0 Å². The molecule has 1 spiro atoms. The largest absolute Gasteiger partial charge is 0.416 e. The summed E-state index contributed by atoms with van der Waals surface area (Å²) in [5.74, 6) is 0.457. The normalized spacial score (nSPS) is 41.5. The molecule has 2 aliphatic heterocycles. The second-order valence-corrected chi connectivity index (χ2v) is 14.6. The third kappa shape index (κ3) is 3.05. The van der Waals surface area contributed by atoms with E-state index in [1.807, 2.05) is 0 Å².